The van der Waals surface area contributed by atoms with Gasteiger partial charge in [0.2, 0.25) is 0 Å². The van der Waals surface area contributed by atoms with E-state index in [1.807, 2.05) is 0 Å². The molecular formula is C2H5K2O4P. The van der Waals surface area contributed by atoms with E-state index in [-0.39, 0.29) is 103 Å². The minimum atomic E-state index is -4.42. The van der Waals surface area contributed by atoms with E-state index in [2.05, 4.69) is 0 Å². The van der Waals surface area contributed by atoms with Crippen molar-refractivity contribution in [3.8, 4) is 0 Å². The standard InChI is InChI=1S/C2H7O4P.2K/c3-1-2-7(4,5)6;;/h3H,1-2H2,(H2,4,5,6);;/q;2*+1/p-2. The van der Waals surface area contributed by atoms with Crippen LogP contribution in [-0.4, -0.2) is 17.9 Å². The van der Waals surface area contributed by atoms with Crippen LogP contribution in [0.2, 0.25) is 0 Å². The van der Waals surface area contributed by atoms with E-state index in [4.69, 9.17) is 5.11 Å². The minimum absolute atomic E-state index is 0. The van der Waals surface area contributed by atoms with Gasteiger partial charge in [0.15, 0.2) is 0 Å². The number of aliphatic hydroxyl groups is 1. The molecule has 0 fully saturated rings. The molecule has 0 heterocycles. The van der Waals surface area contributed by atoms with Gasteiger partial charge in [0.25, 0.3) is 0 Å². The first kappa shape index (κ1) is 18.2. The minimum Gasteiger partial charge on any atom is -0.811 e. The molecule has 9 heavy (non-hydrogen) atoms. The molecule has 0 bridgehead atoms. The third-order valence-corrected chi connectivity index (χ3v) is 1.12. The van der Waals surface area contributed by atoms with Crippen LogP contribution < -0.4 is 113 Å². The van der Waals surface area contributed by atoms with E-state index in [0.29, 0.717) is 0 Å². The van der Waals surface area contributed by atoms with Gasteiger partial charge in [-0.1, -0.05) is 7.60 Å². The van der Waals surface area contributed by atoms with Crippen LogP contribution in [0.4, 0.5) is 0 Å². The zero-order valence-electron chi connectivity index (χ0n) is 5.53. The second kappa shape index (κ2) is 9.47. The molecule has 0 aromatic heterocycles. The molecule has 0 amide bonds. The first-order valence-electron chi connectivity index (χ1n) is 1.68. The van der Waals surface area contributed by atoms with Gasteiger partial charge in [0.05, 0.1) is 0 Å². The summed E-state index contributed by atoms with van der Waals surface area (Å²) in [5.41, 5.74) is 0. The van der Waals surface area contributed by atoms with Crippen molar-refractivity contribution in [3.63, 3.8) is 0 Å². The fraction of sp³-hybridized carbons (Fsp3) is 1.00. The maximum absolute atomic E-state index is 9.54. The van der Waals surface area contributed by atoms with Crippen molar-refractivity contribution in [1.82, 2.24) is 0 Å². The van der Waals surface area contributed by atoms with Gasteiger partial charge < -0.3 is 19.5 Å². The van der Waals surface area contributed by atoms with Crippen molar-refractivity contribution in [2.75, 3.05) is 12.8 Å². The molecule has 44 valence electrons. The second-order valence-electron chi connectivity index (χ2n) is 1.06. The Hall–Kier alpha value is 3.38. The Morgan fingerprint density at radius 1 is 1.33 bits per heavy atom. The van der Waals surface area contributed by atoms with Crippen molar-refractivity contribution in [2.45, 2.75) is 0 Å². The monoisotopic (exact) mass is 202 g/mol. The maximum atomic E-state index is 9.54. The Morgan fingerprint density at radius 3 is 1.67 bits per heavy atom. The van der Waals surface area contributed by atoms with Crippen molar-refractivity contribution in [3.05, 3.63) is 0 Å². The van der Waals surface area contributed by atoms with E-state index in [1.54, 1.807) is 0 Å². The van der Waals surface area contributed by atoms with Crippen molar-refractivity contribution >= 4 is 7.60 Å². The molecule has 4 nitrogen and oxygen atoms in total. The molecule has 0 spiro atoms. The van der Waals surface area contributed by atoms with Crippen molar-refractivity contribution in [2.24, 2.45) is 0 Å². The molecule has 0 radical (unpaired) electrons. The summed E-state index contributed by atoms with van der Waals surface area (Å²) in [5.74, 6) is 0. The van der Waals surface area contributed by atoms with Gasteiger partial charge in [-0.3, -0.25) is 0 Å². The zero-order chi connectivity index (χ0) is 5.91. The van der Waals surface area contributed by atoms with Crippen LogP contribution in [0.3, 0.4) is 0 Å². The van der Waals surface area contributed by atoms with Crippen molar-refractivity contribution in [1.29, 1.82) is 0 Å². The summed E-state index contributed by atoms with van der Waals surface area (Å²) in [6, 6.07) is 0. The molecule has 0 saturated heterocycles. The molecule has 1 N–H and O–H groups in total. The second-order valence-corrected chi connectivity index (χ2v) is 2.73. The number of hydrogen-bond acceptors (Lipinski definition) is 4. The fourth-order valence-electron chi connectivity index (χ4n) is 0.122. The van der Waals surface area contributed by atoms with Gasteiger partial charge in [0.1, 0.15) is 0 Å². The average molecular weight is 202 g/mol. The summed E-state index contributed by atoms with van der Waals surface area (Å²) in [4.78, 5) is 19.1. The molecule has 0 unspecified atom stereocenters. The van der Waals surface area contributed by atoms with Crippen LogP contribution in [-0.2, 0) is 4.57 Å². The van der Waals surface area contributed by atoms with E-state index >= 15 is 0 Å². The molecular weight excluding hydrogens is 197 g/mol. The summed E-state index contributed by atoms with van der Waals surface area (Å²) in [5, 5.41) is 7.83. The van der Waals surface area contributed by atoms with Crippen LogP contribution in [0.15, 0.2) is 0 Å². The van der Waals surface area contributed by atoms with Crippen LogP contribution in [0.25, 0.3) is 0 Å². The van der Waals surface area contributed by atoms with Gasteiger partial charge in [-0.15, -0.1) is 0 Å². The molecule has 7 heteroatoms. The largest absolute Gasteiger partial charge is 1.00 e. The summed E-state index contributed by atoms with van der Waals surface area (Å²) in [6.07, 6.45) is -0.660. The average Bonchev–Trinajstić information content (AvgIpc) is 1.30. The Labute approximate surface area is 139 Å². The molecule has 0 aliphatic carbocycles. The molecule has 0 atom stereocenters. The van der Waals surface area contributed by atoms with E-state index in [0.717, 1.165) is 0 Å². The molecule has 0 aliphatic rings. The van der Waals surface area contributed by atoms with Gasteiger partial charge >= 0.3 is 103 Å². The zero-order valence-corrected chi connectivity index (χ0v) is 12.7. The smallest absolute Gasteiger partial charge is 0.811 e. The first-order chi connectivity index (χ1) is 3.06. The van der Waals surface area contributed by atoms with Crippen LogP contribution in [0, 0.1) is 0 Å². The summed E-state index contributed by atoms with van der Waals surface area (Å²) < 4.78 is 9.54. The maximum Gasteiger partial charge on any atom is 1.00 e. The molecule has 0 saturated carbocycles. The van der Waals surface area contributed by atoms with E-state index < -0.39 is 20.4 Å². The quantitative estimate of drug-likeness (QED) is 0.356. The first-order valence-corrected chi connectivity index (χ1v) is 3.41. The summed E-state index contributed by atoms with van der Waals surface area (Å²) in [7, 11) is -4.42. The third kappa shape index (κ3) is 18.4. The third-order valence-electron chi connectivity index (χ3n) is 0.374. The molecule has 0 aromatic carbocycles. The summed E-state index contributed by atoms with van der Waals surface area (Å²) in [6.45, 7) is -0.579. The van der Waals surface area contributed by atoms with Gasteiger partial charge in [-0.25, -0.2) is 0 Å². The van der Waals surface area contributed by atoms with Crippen molar-refractivity contribution < 1.29 is 122 Å². The summed E-state index contributed by atoms with van der Waals surface area (Å²) >= 11 is 0. The normalized spacial score (nSPS) is 9.22. The van der Waals surface area contributed by atoms with Crippen LogP contribution in [0.1, 0.15) is 0 Å². The van der Waals surface area contributed by atoms with Gasteiger partial charge in [0, 0.05) is 6.61 Å². The number of aliphatic hydroxyl groups excluding tert-OH is 1. The van der Waals surface area contributed by atoms with E-state index in [1.165, 1.54) is 0 Å². The number of rotatable bonds is 2. The predicted octanol–water partition coefficient (Wildman–Crippen LogP) is -8.10. The van der Waals surface area contributed by atoms with Crippen LogP contribution >= 0.6 is 7.60 Å². The molecule has 0 aromatic rings. The van der Waals surface area contributed by atoms with Gasteiger partial charge in [-0.2, -0.15) is 0 Å². The Bertz CT molecular complexity index is 90.6. The van der Waals surface area contributed by atoms with Gasteiger partial charge in [-0.05, 0) is 6.16 Å². The topological polar surface area (TPSA) is 83.4 Å². The fourth-order valence-corrected chi connectivity index (χ4v) is 0.367. The Kier molecular flexibility index (Phi) is 19.2. The number of hydrogen-bond donors (Lipinski definition) is 1. The van der Waals surface area contributed by atoms with Crippen LogP contribution in [0.5, 0.6) is 0 Å². The Balaban J connectivity index is -0.000000180. The predicted molar refractivity (Wildman–Crippen MR) is 19.6 cm³/mol. The molecule has 0 rings (SSSR count). The Morgan fingerprint density at radius 2 is 1.67 bits per heavy atom. The SMILES string of the molecule is O=P([O-])([O-])CCO.[K+].[K+]. The molecule has 0 aliphatic heterocycles. The van der Waals surface area contributed by atoms with E-state index in [9.17, 15) is 14.4 Å².